The van der Waals surface area contributed by atoms with Gasteiger partial charge in [0, 0.05) is 14.2 Å². The van der Waals surface area contributed by atoms with Gasteiger partial charge >= 0.3 is 0 Å². The highest BCUT2D eigenvalue weighted by Gasteiger charge is 2.39. The van der Waals surface area contributed by atoms with Crippen molar-refractivity contribution < 1.29 is 24.4 Å². The van der Waals surface area contributed by atoms with E-state index in [-0.39, 0.29) is 13.2 Å². The first-order chi connectivity index (χ1) is 6.24. The minimum Gasteiger partial charge on any atom is -0.394 e. The summed E-state index contributed by atoms with van der Waals surface area (Å²) in [6.07, 6.45) is -1.97. The summed E-state index contributed by atoms with van der Waals surface area (Å²) in [5.41, 5.74) is 0. The van der Waals surface area contributed by atoms with E-state index in [2.05, 4.69) is 0 Å². The predicted octanol–water partition coefficient (Wildman–Crippen LogP) is -1.23. The van der Waals surface area contributed by atoms with Crippen LogP contribution in [0.4, 0.5) is 0 Å². The monoisotopic (exact) mass is 192 g/mol. The molecule has 1 heterocycles. The van der Waals surface area contributed by atoms with Gasteiger partial charge in [-0.1, -0.05) is 0 Å². The smallest absolute Gasteiger partial charge is 0.114 e. The molecule has 1 fully saturated rings. The first-order valence-corrected chi connectivity index (χ1v) is 4.20. The van der Waals surface area contributed by atoms with E-state index in [0.29, 0.717) is 0 Å². The molecule has 0 amide bonds. The van der Waals surface area contributed by atoms with Crippen LogP contribution in [-0.2, 0) is 14.2 Å². The molecule has 5 nitrogen and oxygen atoms in total. The van der Waals surface area contributed by atoms with Gasteiger partial charge in [-0.3, -0.25) is 0 Å². The molecule has 0 unspecified atom stereocenters. The lowest BCUT2D eigenvalue weighted by atomic mass is 10.0. The van der Waals surface area contributed by atoms with Crippen LogP contribution in [-0.4, -0.2) is 62.1 Å². The van der Waals surface area contributed by atoms with E-state index in [4.69, 9.17) is 19.3 Å². The van der Waals surface area contributed by atoms with Crippen molar-refractivity contribution in [2.45, 2.75) is 24.4 Å². The maximum absolute atomic E-state index is 9.47. The molecule has 13 heavy (non-hydrogen) atoms. The maximum Gasteiger partial charge on any atom is 0.114 e. The molecule has 1 aliphatic heterocycles. The number of aliphatic hydroxyl groups is 2. The Kier molecular flexibility index (Phi) is 4.08. The third kappa shape index (κ3) is 2.18. The summed E-state index contributed by atoms with van der Waals surface area (Å²) in [7, 11) is 3.00. The zero-order chi connectivity index (χ0) is 9.84. The van der Waals surface area contributed by atoms with E-state index in [1.54, 1.807) is 0 Å². The highest BCUT2D eigenvalue weighted by Crippen LogP contribution is 2.19. The number of methoxy groups -OCH3 is 2. The molecular weight excluding hydrogens is 176 g/mol. The quantitative estimate of drug-likeness (QED) is 0.586. The van der Waals surface area contributed by atoms with Crippen LogP contribution in [0.2, 0.25) is 0 Å². The van der Waals surface area contributed by atoms with Crippen molar-refractivity contribution in [3.63, 3.8) is 0 Å². The van der Waals surface area contributed by atoms with Crippen LogP contribution in [0.25, 0.3) is 0 Å². The molecule has 0 aromatic heterocycles. The van der Waals surface area contributed by atoms with Gasteiger partial charge in [-0.05, 0) is 0 Å². The fourth-order valence-electron chi connectivity index (χ4n) is 1.58. The van der Waals surface area contributed by atoms with Crippen LogP contribution >= 0.6 is 0 Å². The van der Waals surface area contributed by atoms with Gasteiger partial charge < -0.3 is 24.4 Å². The van der Waals surface area contributed by atoms with Gasteiger partial charge in [-0.15, -0.1) is 0 Å². The average Bonchev–Trinajstić information content (AvgIpc) is 2.17. The fraction of sp³-hybridized carbons (Fsp3) is 1.00. The molecule has 5 heteroatoms. The molecule has 2 N–H and O–H groups in total. The molecule has 78 valence electrons. The van der Waals surface area contributed by atoms with Gasteiger partial charge in [0.2, 0.25) is 0 Å². The lowest BCUT2D eigenvalue weighted by Gasteiger charge is -2.38. The molecule has 0 bridgehead atoms. The first kappa shape index (κ1) is 10.9. The Hall–Kier alpha value is -0.200. The molecule has 0 aliphatic carbocycles. The van der Waals surface area contributed by atoms with Crippen molar-refractivity contribution in [3.8, 4) is 0 Å². The van der Waals surface area contributed by atoms with Crippen molar-refractivity contribution >= 4 is 0 Å². The maximum atomic E-state index is 9.47. The highest BCUT2D eigenvalue weighted by atomic mass is 16.6. The van der Waals surface area contributed by atoms with Gasteiger partial charge in [0.1, 0.15) is 24.4 Å². The molecule has 0 radical (unpaired) electrons. The molecule has 1 saturated heterocycles. The molecule has 0 spiro atoms. The highest BCUT2D eigenvalue weighted by molar-refractivity contribution is 4.88. The SMILES string of the molecule is CO[C@@H]1[C@H](OC)[C@@H](CO)OC[C@@H]1O. The van der Waals surface area contributed by atoms with Crippen LogP contribution in [0.1, 0.15) is 0 Å². The van der Waals surface area contributed by atoms with Gasteiger partial charge in [-0.2, -0.15) is 0 Å². The van der Waals surface area contributed by atoms with Crippen molar-refractivity contribution in [2.75, 3.05) is 27.4 Å². The summed E-state index contributed by atoms with van der Waals surface area (Å²) in [6.45, 7) is 0.0364. The summed E-state index contributed by atoms with van der Waals surface area (Å²) in [5.74, 6) is 0. The Labute approximate surface area is 77.2 Å². The van der Waals surface area contributed by atoms with Crippen molar-refractivity contribution in [1.29, 1.82) is 0 Å². The van der Waals surface area contributed by atoms with E-state index in [0.717, 1.165) is 0 Å². The van der Waals surface area contributed by atoms with Crippen LogP contribution in [0.3, 0.4) is 0 Å². The van der Waals surface area contributed by atoms with Crippen LogP contribution in [0, 0.1) is 0 Å². The second-order valence-corrected chi connectivity index (χ2v) is 3.02. The molecule has 0 saturated carbocycles. The van der Waals surface area contributed by atoms with E-state index in [9.17, 15) is 5.11 Å². The number of hydrogen-bond donors (Lipinski definition) is 2. The Balaban J connectivity index is 2.64. The molecule has 1 rings (SSSR count). The lowest BCUT2D eigenvalue weighted by molar-refractivity contribution is -0.211. The second-order valence-electron chi connectivity index (χ2n) is 3.02. The average molecular weight is 192 g/mol. The molecule has 1 aliphatic rings. The number of ether oxygens (including phenoxy) is 3. The van der Waals surface area contributed by atoms with E-state index < -0.39 is 24.4 Å². The van der Waals surface area contributed by atoms with Gasteiger partial charge in [0.25, 0.3) is 0 Å². The van der Waals surface area contributed by atoms with Crippen LogP contribution < -0.4 is 0 Å². The summed E-state index contributed by atoms with van der Waals surface area (Å²) in [4.78, 5) is 0. The minimum atomic E-state index is -0.697. The molecular formula is C8H16O5. The standard InChI is InChI=1S/C8H16O5/c1-11-7-5(10)4-13-6(3-9)8(7)12-2/h5-10H,3-4H2,1-2H3/t5-,6+,7-,8+/m0/s1. The van der Waals surface area contributed by atoms with Gasteiger partial charge in [0.05, 0.1) is 13.2 Å². The van der Waals surface area contributed by atoms with E-state index >= 15 is 0 Å². The fourth-order valence-corrected chi connectivity index (χ4v) is 1.58. The predicted molar refractivity (Wildman–Crippen MR) is 44.4 cm³/mol. The Morgan fingerprint density at radius 2 is 1.92 bits per heavy atom. The Bertz CT molecular complexity index is 151. The van der Waals surface area contributed by atoms with E-state index in [1.807, 2.05) is 0 Å². The van der Waals surface area contributed by atoms with Crippen molar-refractivity contribution in [1.82, 2.24) is 0 Å². The molecule has 0 aromatic rings. The second kappa shape index (κ2) is 4.88. The lowest BCUT2D eigenvalue weighted by Crippen LogP contribution is -2.55. The zero-order valence-electron chi connectivity index (χ0n) is 7.84. The Morgan fingerprint density at radius 1 is 1.31 bits per heavy atom. The normalized spacial score (nSPS) is 40.6. The van der Waals surface area contributed by atoms with Crippen LogP contribution in [0.5, 0.6) is 0 Å². The van der Waals surface area contributed by atoms with Gasteiger partial charge in [-0.25, -0.2) is 0 Å². The Morgan fingerprint density at radius 3 is 2.38 bits per heavy atom. The third-order valence-electron chi connectivity index (χ3n) is 2.27. The molecule has 4 atom stereocenters. The first-order valence-electron chi connectivity index (χ1n) is 4.20. The summed E-state index contributed by atoms with van der Waals surface area (Å²) >= 11 is 0. The number of hydrogen-bond acceptors (Lipinski definition) is 5. The zero-order valence-corrected chi connectivity index (χ0v) is 7.84. The topological polar surface area (TPSA) is 68.2 Å². The molecule has 0 aromatic carbocycles. The summed E-state index contributed by atoms with van der Waals surface area (Å²) in [5, 5.41) is 18.4. The third-order valence-corrected chi connectivity index (χ3v) is 2.27. The summed E-state index contributed by atoms with van der Waals surface area (Å²) < 4.78 is 15.3. The van der Waals surface area contributed by atoms with Crippen LogP contribution in [0.15, 0.2) is 0 Å². The minimum absolute atomic E-state index is 0.134. The van der Waals surface area contributed by atoms with E-state index in [1.165, 1.54) is 14.2 Å². The van der Waals surface area contributed by atoms with Crippen molar-refractivity contribution in [2.24, 2.45) is 0 Å². The summed E-state index contributed by atoms with van der Waals surface area (Å²) in [6, 6.07) is 0. The van der Waals surface area contributed by atoms with Crippen molar-refractivity contribution in [3.05, 3.63) is 0 Å². The number of aliphatic hydroxyl groups excluding tert-OH is 2. The van der Waals surface area contributed by atoms with Gasteiger partial charge in [0.15, 0.2) is 0 Å². The number of rotatable bonds is 3. The largest absolute Gasteiger partial charge is 0.394 e.